The summed E-state index contributed by atoms with van der Waals surface area (Å²) in [6.45, 7) is 2.45. The van der Waals surface area contributed by atoms with Gasteiger partial charge < -0.3 is 9.30 Å². The Hall–Kier alpha value is -1.76. The van der Waals surface area contributed by atoms with E-state index in [0.717, 1.165) is 6.42 Å². The van der Waals surface area contributed by atoms with Crippen molar-refractivity contribution < 1.29 is 9.53 Å². The van der Waals surface area contributed by atoms with Crippen LogP contribution in [-0.4, -0.2) is 32.3 Å². The monoisotopic (exact) mass is 324 g/mol. The van der Waals surface area contributed by atoms with E-state index in [9.17, 15) is 4.79 Å². The topological polar surface area (TPSA) is 69.9 Å². The summed E-state index contributed by atoms with van der Waals surface area (Å²) in [5.41, 5.74) is 0.648. The molecular formula is C12H13BrN4O2. The highest BCUT2D eigenvalue weighted by Crippen LogP contribution is 2.16. The van der Waals surface area contributed by atoms with Gasteiger partial charge in [0.15, 0.2) is 5.82 Å². The molecule has 0 bridgehead atoms. The molecule has 0 fully saturated rings. The Balaban J connectivity index is 2.16. The minimum absolute atomic E-state index is 0.0799. The Labute approximate surface area is 119 Å². The molecule has 0 saturated carbocycles. The molecule has 6 nitrogen and oxygen atoms in total. The van der Waals surface area contributed by atoms with Crippen LogP contribution in [0.3, 0.4) is 0 Å². The fourth-order valence-corrected chi connectivity index (χ4v) is 1.85. The van der Waals surface area contributed by atoms with Gasteiger partial charge >= 0.3 is 5.97 Å². The van der Waals surface area contributed by atoms with Crippen LogP contribution >= 0.6 is 15.9 Å². The first-order valence-electron chi connectivity index (χ1n) is 5.87. The third-order valence-electron chi connectivity index (χ3n) is 2.33. The highest BCUT2D eigenvalue weighted by molar-refractivity contribution is 9.10. The number of pyridine rings is 1. The Morgan fingerprint density at radius 2 is 2.32 bits per heavy atom. The van der Waals surface area contributed by atoms with Crippen LogP contribution in [0, 0.1) is 0 Å². The molecule has 2 heterocycles. The molecule has 0 aliphatic heterocycles. The van der Waals surface area contributed by atoms with Crippen LogP contribution in [0.4, 0.5) is 0 Å². The summed E-state index contributed by atoms with van der Waals surface area (Å²) in [5.74, 6) is 0.229. The van der Waals surface area contributed by atoms with Crippen molar-refractivity contribution in [3.05, 3.63) is 29.1 Å². The van der Waals surface area contributed by atoms with Crippen molar-refractivity contribution >= 4 is 21.9 Å². The van der Waals surface area contributed by atoms with Crippen LogP contribution in [-0.2, 0) is 16.1 Å². The molecule has 2 aromatic rings. The number of carbonyl (C=O) groups is 1. The Kier molecular flexibility index (Phi) is 4.62. The lowest BCUT2D eigenvalue weighted by Crippen LogP contribution is -2.14. The van der Waals surface area contributed by atoms with Gasteiger partial charge in [0.05, 0.1) is 6.61 Å². The molecule has 7 heteroatoms. The third-order valence-corrected chi connectivity index (χ3v) is 2.77. The molecule has 0 radical (unpaired) electrons. The molecule has 0 spiro atoms. The summed E-state index contributed by atoms with van der Waals surface area (Å²) < 4.78 is 7.35. The lowest BCUT2D eigenvalue weighted by molar-refractivity contribution is -0.144. The normalized spacial score (nSPS) is 10.4. The second kappa shape index (κ2) is 6.42. The fourth-order valence-electron chi connectivity index (χ4n) is 1.50. The molecule has 0 N–H and O–H groups in total. The fraction of sp³-hybridized carbons (Fsp3) is 0.333. The van der Waals surface area contributed by atoms with Crippen molar-refractivity contribution in [2.75, 3.05) is 6.61 Å². The second-order valence-electron chi connectivity index (χ2n) is 3.85. The number of halogens is 1. The van der Waals surface area contributed by atoms with Gasteiger partial charge in [0.1, 0.15) is 23.2 Å². The number of hydrogen-bond donors (Lipinski definition) is 0. The van der Waals surface area contributed by atoms with Crippen LogP contribution in [0.5, 0.6) is 0 Å². The summed E-state index contributed by atoms with van der Waals surface area (Å²) in [5, 5.41) is 7.79. The van der Waals surface area contributed by atoms with Gasteiger partial charge in [-0.3, -0.25) is 4.79 Å². The van der Waals surface area contributed by atoms with Crippen LogP contribution in [0.2, 0.25) is 0 Å². The van der Waals surface area contributed by atoms with Crippen LogP contribution in [0.1, 0.15) is 13.3 Å². The summed E-state index contributed by atoms with van der Waals surface area (Å²) in [7, 11) is 0. The highest BCUT2D eigenvalue weighted by atomic mass is 79.9. The SMILES string of the molecule is CCCOC(=O)Cn1cnnc1-c1cccc(Br)n1. The average Bonchev–Trinajstić information content (AvgIpc) is 2.84. The lowest BCUT2D eigenvalue weighted by Gasteiger charge is -2.06. The molecule has 0 aliphatic rings. The number of nitrogens with zero attached hydrogens (tertiary/aromatic N) is 4. The van der Waals surface area contributed by atoms with Gasteiger partial charge in [0, 0.05) is 0 Å². The van der Waals surface area contributed by atoms with E-state index in [1.165, 1.54) is 6.33 Å². The molecule has 0 unspecified atom stereocenters. The quantitative estimate of drug-likeness (QED) is 0.622. The number of rotatable bonds is 5. The van der Waals surface area contributed by atoms with E-state index in [0.29, 0.717) is 22.7 Å². The first-order valence-corrected chi connectivity index (χ1v) is 6.66. The zero-order chi connectivity index (χ0) is 13.7. The van der Waals surface area contributed by atoms with Gasteiger partial charge in [-0.15, -0.1) is 10.2 Å². The van der Waals surface area contributed by atoms with E-state index in [-0.39, 0.29) is 12.5 Å². The summed E-state index contributed by atoms with van der Waals surface area (Å²) in [6, 6.07) is 5.48. The second-order valence-corrected chi connectivity index (χ2v) is 4.66. The smallest absolute Gasteiger partial charge is 0.326 e. The third kappa shape index (κ3) is 3.60. The van der Waals surface area contributed by atoms with Crippen LogP contribution in [0.15, 0.2) is 29.1 Å². The molecule has 0 amide bonds. The molecule has 19 heavy (non-hydrogen) atoms. The van der Waals surface area contributed by atoms with Gasteiger partial charge in [-0.2, -0.15) is 0 Å². The molecule has 2 aromatic heterocycles. The van der Waals surface area contributed by atoms with Crippen molar-refractivity contribution in [3.8, 4) is 11.5 Å². The van der Waals surface area contributed by atoms with E-state index in [1.807, 2.05) is 25.1 Å². The van der Waals surface area contributed by atoms with Gasteiger partial charge in [0.2, 0.25) is 0 Å². The van der Waals surface area contributed by atoms with Crippen molar-refractivity contribution in [1.29, 1.82) is 0 Å². The molecule has 0 saturated heterocycles. The summed E-state index contributed by atoms with van der Waals surface area (Å²) in [4.78, 5) is 15.9. The predicted octanol–water partition coefficient (Wildman–Crippen LogP) is 2.06. The van der Waals surface area contributed by atoms with Gasteiger partial charge in [-0.1, -0.05) is 13.0 Å². The Bertz CT molecular complexity index is 570. The first kappa shape index (κ1) is 13.7. The van der Waals surface area contributed by atoms with Gasteiger partial charge in [0.25, 0.3) is 0 Å². The van der Waals surface area contributed by atoms with Crippen molar-refractivity contribution in [2.24, 2.45) is 0 Å². The maximum Gasteiger partial charge on any atom is 0.326 e. The zero-order valence-electron chi connectivity index (χ0n) is 10.4. The van der Waals surface area contributed by atoms with Crippen molar-refractivity contribution in [1.82, 2.24) is 19.7 Å². The largest absolute Gasteiger partial charge is 0.464 e. The molecule has 0 aromatic carbocycles. The van der Waals surface area contributed by atoms with Crippen LogP contribution < -0.4 is 0 Å². The van der Waals surface area contributed by atoms with Gasteiger partial charge in [-0.25, -0.2) is 4.98 Å². The first-order chi connectivity index (χ1) is 9.20. The van der Waals surface area contributed by atoms with E-state index in [1.54, 1.807) is 4.57 Å². The molecule has 100 valence electrons. The number of aromatic nitrogens is 4. The van der Waals surface area contributed by atoms with Gasteiger partial charge in [-0.05, 0) is 34.5 Å². The maximum absolute atomic E-state index is 11.6. The van der Waals surface area contributed by atoms with E-state index < -0.39 is 0 Å². The highest BCUT2D eigenvalue weighted by Gasteiger charge is 2.12. The zero-order valence-corrected chi connectivity index (χ0v) is 12.0. The average molecular weight is 325 g/mol. The van der Waals surface area contributed by atoms with E-state index >= 15 is 0 Å². The number of esters is 1. The minimum Gasteiger partial charge on any atom is -0.464 e. The molecular weight excluding hydrogens is 312 g/mol. The Morgan fingerprint density at radius 1 is 1.47 bits per heavy atom. The predicted molar refractivity (Wildman–Crippen MR) is 72.2 cm³/mol. The van der Waals surface area contributed by atoms with Crippen molar-refractivity contribution in [3.63, 3.8) is 0 Å². The van der Waals surface area contributed by atoms with E-state index in [4.69, 9.17) is 4.74 Å². The summed E-state index contributed by atoms with van der Waals surface area (Å²) >= 11 is 3.30. The maximum atomic E-state index is 11.6. The number of hydrogen-bond acceptors (Lipinski definition) is 5. The standard InChI is InChI=1S/C12H13BrN4O2/c1-2-6-19-11(18)7-17-8-14-16-12(17)9-4-3-5-10(13)15-9/h3-5,8H,2,6-7H2,1H3. The Morgan fingerprint density at radius 3 is 3.05 bits per heavy atom. The minimum atomic E-state index is -0.308. The lowest BCUT2D eigenvalue weighted by atomic mass is 10.3. The number of carbonyl (C=O) groups excluding carboxylic acids is 1. The van der Waals surface area contributed by atoms with Crippen molar-refractivity contribution in [2.45, 2.75) is 19.9 Å². The molecule has 2 rings (SSSR count). The molecule has 0 aliphatic carbocycles. The van der Waals surface area contributed by atoms with Crippen LogP contribution in [0.25, 0.3) is 11.5 Å². The number of ether oxygens (including phenoxy) is 1. The van der Waals surface area contributed by atoms with E-state index in [2.05, 4.69) is 31.1 Å². The summed E-state index contributed by atoms with van der Waals surface area (Å²) in [6.07, 6.45) is 2.29. The molecule has 0 atom stereocenters.